The van der Waals surface area contributed by atoms with E-state index in [2.05, 4.69) is 12.2 Å². The summed E-state index contributed by atoms with van der Waals surface area (Å²) in [5.74, 6) is -1.81. The molecule has 3 saturated heterocycles. The Hall–Kier alpha value is -1.28. The van der Waals surface area contributed by atoms with Crippen molar-refractivity contribution in [2.45, 2.75) is 87.8 Å². The highest BCUT2D eigenvalue weighted by atomic mass is 32.2. The van der Waals surface area contributed by atoms with E-state index in [-0.39, 0.29) is 31.0 Å². The van der Waals surface area contributed by atoms with Crippen LogP contribution in [0.3, 0.4) is 0 Å². The zero-order chi connectivity index (χ0) is 22.1. The van der Waals surface area contributed by atoms with Crippen LogP contribution in [0.25, 0.3) is 0 Å². The van der Waals surface area contributed by atoms with Gasteiger partial charge in [0.2, 0.25) is 11.8 Å². The molecular formula is C22H36N2O5S. The second-order valence-corrected chi connectivity index (χ2v) is 10.9. The van der Waals surface area contributed by atoms with Crippen LogP contribution in [-0.2, 0) is 19.1 Å². The molecule has 0 aromatic rings. The second-order valence-electron chi connectivity index (χ2n) is 8.97. The standard InChI is InChI=1S/C22H36N2O5S/c1-5-8-9-12-23-18(26)17-22-11-10-21(4,30-22)16(20(28)29-7-3)15(22)19(27)24(17)14(6-2)13-25/h14-17,25H,5-13H2,1-4H3,(H,23,26)/t14-,15-,16+,17?,21-,22?/m0/s1. The average Bonchev–Trinajstić information content (AvgIpc) is 3.28. The molecule has 2 unspecified atom stereocenters. The number of thioether (sulfide) groups is 1. The number of esters is 1. The Labute approximate surface area is 183 Å². The molecule has 3 aliphatic rings. The van der Waals surface area contributed by atoms with Crippen LogP contribution in [-0.4, -0.2) is 69.1 Å². The first-order chi connectivity index (χ1) is 14.3. The SMILES string of the molecule is CCCCCNC(=O)C1N([C@@H](CC)CO)C(=O)[C@@H]2[C@H](C(=O)OCC)[C@]3(C)CCC12S3. The quantitative estimate of drug-likeness (QED) is 0.399. The van der Waals surface area contributed by atoms with Crippen molar-refractivity contribution < 1.29 is 24.2 Å². The molecule has 2 bridgehead atoms. The molecule has 30 heavy (non-hydrogen) atoms. The molecule has 0 radical (unpaired) electrons. The second kappa shape index (κ2) is 9.07. The number of ether oxygens (including phenoxy) is 1. The number of amides is 2. The number of unbranched alkanes of at least 4 members (excludes halogenated alkanes) is 2. The minimum atomic E-state index is -0.667. The topological polar surface area (TPSA) is 95.9 Å². The van der Waals surface area contributed by atoms with Gasteiger partial charge in [-0.3, -0.25) is 14.4 Å². The number of carbonyl (C=O) groups is 3. The lowest BCUT2D eigenvalue weighted by Gasteiger charge is -2.36. The summed E-state index contributed by atoms with van der Waals surface area (Å²) < 4.78 is 4.32. The van der Waals surface area contributed by atoms with Crippen LogP contribution in [0.2, 0.25) is 0 Å². The maximum Gasteiger partial charge on any atom is 0.311 e. The number of nitrogens with one attached hydrogen (secondary N) is 1. The van der Waals surface area contributed by atoms with Crippen molar-refractivity contribution in [3.05, 3.63) is 0 Å². The number of nitrogens with zero attached hydrogens (tertiary/aromatic N) is 1. The minimum absolute atomic E-state index is 0.157. The fraction of sp³-hybridized carbons (Fsp3) is 0.864. The van der Waals surface area contributed by atoms with Crippen molar-refractivity contribution in [1.29, 1.82) is 0 Å². The molecule has 1 spiro atoms. The molecule has 0 aromatic heterocycles. The van der Waals surface area contributed by atoms with E-state index < -0.39 is 33.4 Å². The molecule has 3 rings (SSSR count). The number of fused-ring (bicyclic) bond motifs is 1. The Balaban J connectivity index is 1.98. The Morgan fingerprint density at radius 3 is 2.63 bits per heavy atom. The fourth-order valence-electron chi connectivity index (χ4n) is 5.74. The summed E-state index contributed by atoms with van der Waals surface area (Å²) in [6.07, 6.45) is 5.03. The summed E-state index contributed by atoms with van der Waals surface area (Å²) in [6, 6.07) is -1.10. The van der Waals surface area contributed by atoms with Gasteiger partial charge in [0.05, 0.1) is 35.8 Å². The maximum atomic E-state index is 13.7. The first kappa shape index (κ1) is 23.4. The molecule has 0 aromatic carbocycles. The van der Waals surface area contributed by atoms with Crippen LogP contribution in [0.4, 0.5) is 0 Å². The van der Waals surface area contributed by atoms with Gasteiger partial charge in [0.15, 0.2) is 0 Å². The molecule has 2 N–H and O–H groups in total. The highest BCUT2D eigenvalue weighted by molar-refractivity contribution is 8.02. The van der Waals surface area contributed by atoms with Crippen LogP contribution < -0.4 is 5.32 Å². The van der Waals surface area contributed by atoms with E-state index in [1.165, 1.54) is 0 Å². The van der Waals surface area contributed by atoms with Gasteiger partial charge in [0, 0.05) is 11.3 Å². The van der Waals surface area contributed by atoms with Gasteiger partial charge in [-0.05, 0) is 39.5 Å². The van der Waals surface area contributed by atoms with Gasteiger partial charge in [0.25, 0.3) is 0 Å². The van der Waals surface area contributed by atoms with Gasteiger partial charge in [-0.1, -0.05) is 26.7 Å². The summed E-state index contributed by atoms with van der Waals surface area (Å²) >= 11 is 1.63. The molecule has 0 aliphatic carbocycles. The van der Waals surface area contributed by atoms with Crippen LogP contribution in [0, 0.1) is 11.8 Å². The lowest BCUT2D eigenvalue weighted by Crippen LogP contribution is -2.56. The molecular weight excluding hydrogens is 404 g/mol. The number of aliphatic hydroxyl groups is 1. The molecule has 3 aliphatic heterocycles. The largest absolute Gasteiger partial charge is 0.466 e. The summed E-state index contributed by atoms with van der Waals surface area (Å²) in [6.45, 7) is 8.46. The van der Waals surface area contributed by atoms with E-state index in [1.807, 2.05) is 13.8 Å². The zero-order valence-corrected chi connectivity index (χ0v) is 19.4. The summed E-state index contributed by atoms with van der Waals surface area (Å²) in [5, 5.41) is 13.0. The number of carbonyl (C=O) groups excluding carboxylic acids is 3. The van der Waals surface area contributed by atoms with Crippen LogP contribution >= 0.6 is 11.8 Å². The number of likely N-dealkylation sites (tertiary alicyclic amines) is 1. The van der Waals surface area contributed by atoms with Gasteiger partial charge >= 0.3 is 5.97 Å². The third kappa shape index (κ3) is 3.53. The summed E-state index contributed by atoms with van der Waals surface area (Å²) in [4.78, 5) is 41.6. The lowest BCUT2D eigenvalue weighted by atomic mass is 9.66. The lowest BCUT2D eigenvalue weighted by molar-refractivity contribution is -0.155. The van der Waals surface area contributed by atoms with Gasteiger partial charge in [0.1, 0.15) is 6.04 Å². The fourth-order valence-corrected chi connectivity index (χ4v) is 8.08. The maximum absolute atomic E-state index is 13.7. The summed E-state index contributed by atoms with van der Waals surface area (Å²) in [5.41, 5.74) is 0. The predicted octanol–water partition coefficient (Wildman–Crippen LogP) is 2.11. The zero-order valence-electron chi connectivity index (χ0n) is 18.6. The van der Waals surface area contributed by atoms with Crippen LogP contribution in [0.5, 0.6) is 0 Å². The van der Waals surface area contributed by atoms with E-state index in [0.29, 0.717) is 19.4 Å². The van der Waals surface area contributed by atoms with Crippen molar-refractivity contribution in [3.8, 4) is 0 Å². The van der Waals surface area contributed by atoms with Crippen molar-refractivity contribution in [2.75, 3.05) is 19.8 Å². The molecule has 170 valence electrons. The van der Waals surface area contributed by atoms with E-state index in [9.17, 15) is 19.5 Å². The highest BCUT2D eigenvalue weighted by Gasteiger charge is 2.77. The van der Waals surface area contributed by atoms with Crippen molar-refractivity contribution >= 4 is 29.5 Å². The van der Waals surface area contributed by atoms with Gasteiger partial charge < -0.3 is 20.1 Å². The molecule has 3 fully saturated rings. The van der Waals surface area contributed by atoms with Gasteiger partial charge in [-0.25, -0.2) is 0 Å². The number of hydrogen-bond donors (Lipinski definition) is 2. The van der Waals surface area contributed by atoms with Crippen LogP contribution in [0.15, 0.2) is 0 Å². The number of aliphatic hydroxyl groups excluding tert-OH is 1. The van der Waals surface area contributed by atoms with Gasteiger partial charge in [-0.2, -0.15) is 0 Å². The molecule has 0 saturated carbocycles. The van der Waals surface area contributed by atoms with E-state index >= 15 is 0 Å². The number of hydrogen-bond acceptors (Lipinski definition) is 6. The highest BCUT2D eigenvalue weighted by Crippen LogP contribution is 2.71. The van der Waals surface area contributed by atoms with Crippen molar-refractivity contribution in [2.24, 2.45) is 11.8 Å². The summed E-state index contributed by atoms with van der Waals surface area (Å²) in [7, 11) is 0. The van der Waals surface area contributed by atoms with Crippen molar-refractivity contribution in [1.82, 2.24) is 10.2 Å². The number of rotatable bonds is 10. The molecule has 2 amide bonds. The Kier molecular flexibility index (Phi) is 7.07. The molecule has 3 heterocycles. The molecule has 7 nitrogen and oxygen atoms in total. The van der Waals surface area contributed by atoms with Crippen molar-refractivity contribution in [3.63, 3.8) is 0 Å². The van der Waals surface area contributed by atoms with Crippen LogP contribution in [0.1, 0.15) is 66.2 Å². The van der Waals surface area contributed by atoms with E-state index in [1.54, 1.807) is 23.6 Å². The van der Waals surface area contributed by atoms with E-state index in [0.717, 1.165) is 25.7 Å². The normalized spacial score (nSPS) is 35.4. The minimum Gasteiger partial charge on any atom is -0.466 e. The van der Waals surface area contributed by atoms with E-state index in [4.69, 9.17) is 4.74 Å². The first-order valence-corrected chi connectivity index (χ1v) is 12.2. The third-order valence-electron chi connectivity index (χ3n) is 7.16. The van der Waals surface area contributed by atoms with Gasteiger partial charge in [-0.15, -0.1) is 11.8 Å². The Morgan fingerprint density at radius 2 is 2.03 bits per heavy atom. The third-order valence-corrected chi connectivity index (χ3v) is 9.14. The molecule has 8 heteroatoms. The monoisotopic (exact) mass is 440 g/mol. The predicted molar refractivity (Wildman–Crippen MR) is 116 cm³/mol. The Bertz CT molecular complexity index is 684. The average molecular weight is 441 g/mol. The smallest absolute Gasteiger partial charge is 0.311 e. The Morgan fingerprint density at radius 1 is 1.30 bits per heavy atom. The first-order valence-electron chi connectivity index (χ1n) is 11.4. The molecule has 6 atom stereocenters.